The molecule has 0 aliphatic carbocycles. The van der Waals surface area contributed by atoms with Crippen LogP contribution in [0.5, 0.6) is 0 Å². The Kier molecular flexibility index (Phi) is 3.06. The second-order valence-electron chi connectivity index (χ2n) is 3.26. The van der Waals surface area contributed by atoms with Crippen molar-refractivity contribution in [1.29, 1.82) is 0 Å². The van der Waals surface area contributed by atoms with Crippen LogP contribution < -0.4 is 0 Å². The van der Waals surface area contributed by atoms with Crippen LogP contribution in [0.2, 0.25) is 0 Å². The summed E-state index contributed by atoms with van der Waals surface area (Å²) in [4.78, 5) is 0. The van der Waals surface area contributed by atoms with Crippen molar-refractivity contribution in [2.24, 2.45) is 0 Å². The molecule has 1 fully saturated rings. The zero-order chi connectivity index (χ0) is 9.30. The van der Waals surface area contributed by atoms with E-state index in [1.807, 2.05) is 6.92 Å². The molecule has 5 atom stereocenters. The lowest BCUT2D eigenvalue weighted by atomic mass is 9.94. The van der Waals surface area contributed by atoms with Crippen molar-refractivity contribution < 1.29 is 20.1 Å². The normalized spacial score (nSPS) is 49.2. The van der Waals surface area contributed by atoms with Crippen LogP contribution in [0.3, 0.4) is 0 Å². The molecule has 0 bridgehead atoms. The number of hydrogen-bond donors (Lipinski definition) is 3. The van der Waals surface area contributed by atoms with E-state index >= 15 is 0 Å². The average Bonchev–Trinajstić information content (AvgIpc) is 2.08. The number of ether oxygens (including phenoxy) is 1. The minimum atomic E-state index is -1.08. The van der Waals surface area contributed by atoms with E-state index in [2.05, 4.69) is 0 Å². The maximum atomic E-state index is 9.39. The van der Waals surface area contributed by atoms with Crippen LogP contribution in [0, 0.1) is 0 Å². The summed E-state index contributed by atoms with van der Waals surface area (Å²) < 4.78 is 5.27. The van der Waals surface area contributed by atoms with Crippen LogP contribution in [0.1, 0.15) is 20.3 Å². The Hall–Kier alpha value is -0.160. The molecule has 0 aromatic rings. The highest BCUT2D eigenvalue weighted by molar-refractivity contribution is 4.89. The van der Waals surface area contributed by atoms with Gasteiger partial charge in [0.15, 0.2) is 0 Å². The second-order valence-corrected chi connectivity index (χ2v) is 3.26. The molecule has 0 spiro atoms. The van der Waals surface area contributed by atoms with Crippen molar-refractivity contribution in [3.8, 4) is 0 Å². The molecule has 4 nitrogen and oxygen atoms in total. The molecule has 0 aromatic heterocycles. The van der Waals surface area contributed by atoms with Gasteiger partial charge in [-0.05, 0) is 13.3 Å². The summed E-state index contributed by atoms with van der Waals surface area (Å²) >= 11 is 0. The Balaban J connectivity index is 2.63. The maximum Gasteiger partial charge on any atom is 0.111 e. The fourth-order valence-corrected chi connectivity index (χ4v) is 1.47. The summed E-state index contributed by atoms with van der Waals surface area (Å²) in [6.07, 6.45) is -3.18. The molecule has 2 unspecified atom stereocenters. The summed E-state index contributed by atoms with van der Waals surface area (Å²) in [6.45, 7) is 3.55. The lowest BCUT2D eigenvalue weighted by Gasteiger charge is -2.39. The van der Waals surface area contributed by atoms with Gasteiger partial charge in [-0.2, -0.15) is 0 Å². The van der Waals surface area contributed by atoms with Crippen molar-refractivity contribution >= 4 is 0 Å². The lowest BCUT2D eigenvalue weighted by Crippen LogP contribution is -2.56. The van der Waals surface area contributed by atoms with Gasteiger partial charge in [-0.1, -0.05) is 6.92 Å². The third-order valence-electron chi connectivity index (χ3n) is 2.35. The van der Waals surface area contributed by atoms with Crippen LogP contribution in [0.4, 0.5) is 0 Å². The minimum Gasteiger partial charge on any atom is -0.388 e. The standard InChI is InChI=1S/C8H16O4/c1-3-5-7(10)8(11)6(9)4(2)12-5/h4-11H,3H2,1-2H3/t4?,5-,6-,7?,8+/m1/s1. The molecule has 1 aliphatic heterocycles. The Morgan fingerprint density at radius 2 is 1.67 bits per heavy atom. The van der Waals surface area contributed by atoms with Crippen molar-refractivity contribution in [2.75, 3.05) is 0 Å². The van der Waals surface area contributed by atoms with Crippen LogP contribution in [-0.2, 0) is 4.74 Å². The van der Waals surface area contributed by atoms with Crippen LogP contribution in [0.15, 0.2) is 0 Å². The predicted octanol–water partition coefficient (Wildman–Crippen LogP) is -0.734. The quantitative estimate of drug-likeness (QED) is 0.492. The average molecular weight is 176 g/mol. The van der Waals surface area contributed by atoms with E-state index in [0.29, 0.717) is 6.42 Å². The third-order valence-corrected chi connectivity index (χ3v) is 2.35. The molecular weight excluding hydrogens is 160 g/mol. The Labute approximate surface area is 71.8 Å². The van der Waals surface area contributed by atoms with Gasteiger partial charge >= 0.3 is 0 Å². The minimum absolute atomic E-state index is 0.363. The fourth-order valence-electron chi connectivity index (χ4n) is 1.47. The summed E-state index contributed by atoms with van der Waals surface area (Å²) in [5, 5.41) is 28.0. The monoisotopic (exact) mass is 176 g/mol. The molecule has 1 heterocycles. The highest BCUT2D eigenvalue weighted by atomic mass is 16.5. The first kappa shape index (κ1) is 9.92. The first-order chi connectivity index (χ1) is 5.57. The third kappa shape index (κ3) is 1.61. The molecule has 3 N–H and O–H groups in total. The van der Waals surface area contributed by atoms with Crippen molar-refractivity contribution in [2.45, 2.75) is 50.8 Å². The Bertz CT molecular complexity index is 145. The Morgan fingerprint density at radius 3 is 2.17 bits per heavy atom. The van der Waals surface area contributed by atoms with Crippen molar-refractivity contribution in [3.63, 3.8) is 0 Å². The summed E-state index contributed by atoms with van der Waals surface area (Å²) in [5.74, 6) is 0. The van der Waals surface area contributed by atoms with Crippen LogP contribution >= 0.6 is 0 Å². The van der Waals surface area contributed by atoms with E-state index in [0.717, 1.165) is 0 Å². The topological polar surface area (TPSA) is 69.9 Å². The first-order valence-corrected chi connectivity index (χ1v) is 4.27. The SMILES string of the molecule is CC[C@H]1OC(C)[C@@H](O)[C@H](O)C1O. The van der Waals surface area contributed by atoms with Crippen LogP contribution in [-0.4, -0.2) is 45.8 Å². The molecule has 4 heteroatoms. The van der Waals surface area contributed by atoms with Crippen LogP contribution in [0.25, 0.3) is 0 Å². The molecule has 1 aliphatic rings. The highest BCUT2D eigenvalue weighted by Gasteiger charge is 2.40. The van der Waals surface area contributed by atoms with Gasteiger partial charge in [-0.15, -0.1) is 0 Å². The molecule has 1 saturated heterocycles. The van der Waals surface area contributed by atoms with E-state index in [1.54, 1.807) is 6.92 Å². The van der Waals surface area contributed by atoms with E-state index in [1.165, 1.54) is 0 Å². The van der Waals surface area contributed by atoms with Gasteiger partial charge in [0.25, 0.3) is 0 Å². The molecule has 0 aromatic carbocycles. The van der Waals surface area contributed by atoms with Gasteiger partial charge in [-0.3, -0.25) is 0 Å². The maximum absolute atomic E-state index is 9.39. The first-order valence-electron chi connectivity index (χ1n) is 4.27. The van der Waals surface area contributed by atoms with Crippen molar-refractivity contribution in [3.05, 3.63) is 0 Å². The molecule has 0 amide bonds. The molecule has 0 radical (unpaired) electrons. The second kappa shape index (κ2) is 3.70. The zero-order valence-corrected chi connectivity index (χ0v) is 7.34. The molecule has 12 heavy (non-hydrogen) atoms. The van der Waals surface area contributed by atoms with E-state index < -0.39 is 24.4 Å². The summed E-state index contributed by atoms with van der Waals surface area (Å²) in [6, 6.07) is 0. The molecular formula is C8H16O4. The van der Waals surface area contributed by atoms with E-state index in [4.69, 9.17) is 4.74 Å². The number of aliphatic hydroxyl groups is 3. The lowest BCUT2D eigenvalue weighted by molar-refractivity contribution is -0.217. The fraction of sp³-hybridized carbons (Fsp3) is 1.00. The summed E-state index contributed by atoms with van der Waals surface area (Å²) in [5.41, 5.74) is 0. The largest absolute Gasteiger partial charge is 0.388 e. The van der Waals surface area contributed by atoms with Gasteiger partial charge in [-0.25, -0.2) is 0 Å². The summed E-state index contributed by atoms with van der Waals surface area (Å²) in [7, 11) is 0. The van der Waals surface area contributed by atoms with Gasteiger partial charge in [0.05, 0.1) is 12.2 Å². The highest BCUT2D eigenvalue weighted by Crippen LogP contribution is 2.22. The van der Waals surface area contributed by atoms with Gasteiger partial charge in [0, 0.05) is 0 Å². The number of rotatable bonds is 1. The molecule has 72 valence electrons. The van der Waals surface area contributed by atoms with E-state index in [9.17, 15) is 15.3 Å². The Morgan fingerprint density at radius 1 is 1.08 bits per heavy atom. The van der Waals surface area contributed by atoms with E-state index in [-0.39, 0.29) is 6.10 Å². The zero-order valence-electron chi connectivity index (χ0n) is 7.34. The number of aliphatic hydroxyl groups excluding tert-OH is 3. The smallest absolute Gasteiger partial charge is 0.111 e. The number of hydrogen-bond acceptors (Lipinski definition) is 4. The molecule has 0 saturated carbocycles. The van der Waals surface area contributed by atoms with Crippen molar-refractivity contribution in [1.82, 2.24) is 0 Å². The molecule has 1 rings (SSSR count). The van der Waals surface area contributed by atoms with Gasteiger partial charge in [0.1, 0.15) is 18.3 Å². The van der Waals surface area contributed by atoms with Gasteiger partial charge < -0.3 is 20.1 Å². The van der Waals surface area contributed by atoms with Gasteiger partial charge in [0.2, 0.25) is 0 Å². The predicted molar refractivity (Wildman–Crippen MR) is 42.6 cm³/mol.